The van der Waals surface area contributed by atoms with E-state index >= 15 is 0 Å². The molecule has 24 nitrogen and oxygen atoms in total. The Labute approximate surface area is 417 Å². The fourth-order valence-electron chi connectivity index (χ4n) is 8.35. The molecule has 0 aromatic rings. The van der Waals surface area contributed by atoms with Crippen molar-refractivity contribution < 1.29 is 103 Å². The quantitative estimate of drug-likeness (QED) is 0.0278. The number of nitrogens with one attached hydrogen (secondary N) is 3. The van der Waals surface area contributed by atoms with Crippen LogP contribution in [-0.2, 0) is 57.0 Å². The van der Waals surface area contributed by atoms with Gasteiger partial charge in [0.05, 0.1) is 83.3 Å². The Hall–Kier alpha value is -2.15. The molecular weight excluding hydrogens is 943 g/mol. The summed E-state index contributed by atoms with van der Waals surface area (Å²) < 4.78 is 51.9. The molecule has 3 aliphatic rings. The fourth-order valence-corrected chi connectivity index (χ4v) is 8.35. The van der Waals surface area contributed by atoms with Crippen LogP contribution in [0.25, 0.3) is 0 Å². The number of unbranched alkanes of at least 4 members (excludes halogenated alkanes) is 2. The van der Waals surface area contributed by atoms with E-state index in [1.54, 1.807) is 20.8 Å². The maximum atomic E-state index is 12.9. The van der Waals surface area contributed by atoms with E-state index in [1.807, 2.05) is 13.8 Å². The van der Waals surface area contributed by atoms with Crippen LogP contribution < -0.4 is 16.0 Å². The van der Waals surface area contributed by atoms with Crippen LogP contribution in [0.5, 0.6) is 0 Å². The number of hydrogen-bond donors (Lipinski definition) is 12. The average Bonchev–Trinajstić information content (AvgIpc) is 3.34. The maximum Gasteiger partial charge on any atom is 0.222 e. The van der Waals surface area contributed by atoms with Gasteiger partial charge in [0.25, 0.3) is 0 Å². The third-order valence-corrected chi connectivity index (χ3v) is 12.7. The zero-order valence-corrected chi connectivity index (χ0v) is 42.2. The summed E-state index contributed by atoms with van der Waals surface area (Å²) in [6.45, 7) is 8.74. The highest BCUT2D eigenvalue weighted by atomic mass is 16.7. The van der Waals surface area contributed by atoms with Gasteiger partial charge in [0.2, 0.25) is 11.8 Å². The highest BCUT2D eigenvalue weighted by molar-refractivity contribution is 5.79. The number of Topliss-reactive ketones (excluding diaryl/α,β-unsaturated/α-hetero) is 1. The van der Waals surface area contributed by atoms with Crippen molar-refractivity contribution in [1.29, 1.82) is 0 Å². The van der Waals surface area contributed by atoms with Gasteiger partial charge in [-0.05, 0) is 32.1 Å². The van der Waals surface area contributed by atoms with Crippen molar-refractivity contribution in [3.05, 3.63) is 0 Å². The molecule has 0 aromatic carbocycles. The van der Waals surface area contributed by atoms with Crippen molar-refractivity contribution in [3.63, 3.8) is 0 Å². The SMILES string of the molecule is CC(C)NC(COCCC(=O)NCCCCOC1OC(CO)C(O)C(O)C1C)(COCCC(=O)NCCCOC1OC(CO)C(O)C(O)C1C)COCC(=O)CCCCOC1OC(CO)C(O)C(O)C1C. The van der Waals surface area contributed by atoms with Crippen LogP contribution in [0.2, 0.25) is 0 Å². The molecule has 0 radical (unpaired) electrons. The Morgan fingerprint density at radius 3 is 1.30 bits per heavy atom. The molecule has 3 aliphatic heterocycles. The van der Waals surface area contributed by atoms with Crippen LogP contribution in [0, 0.1) is 17.8 Å². The molecule has 0 aliphatic carbocycles. The lowest BCUT2D eigenvalue weighted by Gasteiger charge is -2.40. The summed E-state index contributed by atoms with van der Waals surface area (Å²) in [6, 6.07) is -0.0994. The molecule has 2 amide bonds. The molecule has 3 saturated heterocycles. The summed E-state index contributed by atoms with van der Waals surface area (Å²) >= 11 is 0. The molecule has 3 heterocycles. The van der Waals surface area contributed by atoms with Gasteiger partial charge in [0.15, 0.2) is 24.7 Å². The molecule has 0 aromatic heterocycles. The van der Waals surface area contributed by atoms with E-state index in [0.717, 1.165) is 0 Å². The lowest BCUT2D eigenvalue weighted by molar-refractivity contribution is -0.282. The predicted molar refractivity (Wildman–Crippen MR) is 250 cm³/mol. The smallest absolute Gasteiger partial charge is 0.222 e. The van der Waals surface area contributed by atoms with Gasteiger partial charge in [-0.3, -0.25) is 14.4 Å². The predicted octanol–water partition coefficient (Wildman–Crippen LogP) is -3.03. The summed E-state index contributed by atoms with van der Waals surface area (Å²) in [4.78, 5) is 38.3. The summed E-state index contributed by atoms with van der Waals surface area (Å²) in [5, 5.41) is 98.4. The lowest BCUT2D eigenvalue weighted by Crippen LogP contribution is -2.59. The van der Waals surface area contributed by atoms with Crippen LogP contribution in [0.3, 0.4) is 0 Å². The first kappa shape index (κ1) is 63.1. The number of carbonyl (C=O) groups is 3. The van der Waals surface area contributed by atoms with Gasteiger partial charge < -0.3 is 105 Å². The fraction of sp³-hybridized carbons (Fsp3) is 0.936. The van der Waals surface area contributed by atoms with Gasteiger partial charge in [-0.25, -0.2) is 0 Å². The van der Waals surface area contributed by atoms with Gasteiger partial charge in [-0.15, -0.1) is 0 Å². The summed E-state index contributed by atoms with van der Waals surface area (Å²) in [5.74, 6) is -2.23. The molecule has 0 spiro atoms. The van der Waals surface area contributed by atoms with E-state index < -0.39 is 117 Å². The Morgan fingerprint density at radius 1 is 0.507 bits per heavy atom. The minimum atomic E-state index is -1.23. The topological polar surface area (TPSA) is 352 Å². The Morgan fingerprint density at radius 2 is 0.887 bits per heavy atom. The second-order valence-corrected chi connectivity index (χ2v) is 19.2. The van der Waals surface area contributed by atoms with Crippen molar-refractivity contribution in [1.82, 2.24) is 16.0 Å². The van der Waals surface area contributed by atoms with Crippen LogP contribution in [-0.4, -0.2) is 241 Å². The first-order chi connectivity index (χ1) is 33.9. The molecule has 16 unspecified atom stereocenters. The standard InChI is InChI=1S/C47H87N3O21/c1-28(2)50-47(27-65-24-32(54)11-6-8-16-66-44-29(3)38(57)41(60)33(21-51)69-44,26-64-20-13-37(56)49-15-10-18-68-46-31(5)40(59)43(62)35(23-53)71-46)25-63-19-12-36(55)48-14-7-9-17-67-45-30(4)39(58)42(61)34(22-52)70-45/h28-31,33-35,38-46,50-53,57-62H,6-27H2,1-5H3,(H,48,55)(H,49,56). The highest BCUT2D eigenvalue weighted by Crippen LogP contribution is 2.29. The largest absolute Gasteiger partial charge is 0.394 e. The summed E-state index contributed by atoms with van der Waals surface area (Å²) in [7, 11) is 0. The number of hydrogen-bond acceptors (Lipinski definition) is 22. The molecule has 24 heteroatoms. The first-order valence-electron chi connectivity index (χ1n) is 25.2. The van der Waals surface area contributed by atoms with Crippen LogP contribution in [0.15, 0.2) is 0 Å². The van der Waals surface area contributed by atoms with Crippen molar-refractivity contribution >= 4 is 17.6 Å². The number of rotatable bonds is 36. The zero-order valence-electron chi connectivity index (χ0n) is 42.2. The second-order valence-electron chi connectivity index (χ2n) is 19.2. The Bertz CT molecular complexity index is 1480. The average molecular weight is 1030 g/mol. The number of ketones is 1. The summed E-state index contributed by atoms with van der Waals surface area (Å²) in [5.41, 5.74) is -0.990. The van der Waals surface area contributed by atoms with Crippen LogP contribution in [0.1, 0.15) is 86.0 Å². The van der Waals surface area contributed by atoms with Gasteiger partial charge in [-0.2, -0.15) is 0 Å². The van der Waals surface area contributed by atoms with E-state index in [9.17, 15) is 60.3 Å². The monoisotopic (exact) mass is 1030 g/mol. The molecule has 416 valence electrons. The molecule has 0 saturated carbocycles. The highest BCUT2D eigenvalue weighted by Gasteiger charge is 2.44. The number of aliphatic hydroxyl groups is 9. The molecule has 3 fully saturated rings. The van der Waals surface area contributed by atoms with Gasteiger partial charge in [-0.1, -0.05) is 34.6 Å². The maximum absolute atomic E-state index is 12.9. The number of carbonyl (C=O) groups excluding carboxylic acids is 3. The minimum Gasteiger partial charge on any atom is -0.394 e. The molecule has 0 bridgehead atoms. The molecule has 71 heavy (non-hydrogen) atoms. The number of ether oxygens (including phenoxy) is 9. The van der Waals surface area contributed by atoms with Gasteiger partial charge in [0.1, 0.15) is 43.2 Å². The Balaban J connectivity index is 1.44. The normalized spacial score (nSPS) is 32.1. The first-order valence-corrected chi connectivity index (χ1v) is 25.2. The van der Waals surface area contributed by atoms with Crippen molar-refractivity contribution in [2.75, 3.05) is 92.4 Å². The van der Waals surface area contributed by atoms with Crippen molar-refractivity contribution in [2.45, 2.75) is 171 Å². The lowest BCUT2D eigenvalue weighted by atomic mass is 9.92. The third kappa shape index (κ3) is 21.5. The van der Waals surface area contributed by atoms with E-state index in [2.05, 4.69) is 16.0 Å². The van der Waals surface area contributed by atoms with E-state index in [0.29, 0.717) is 38.6 Å². The molecule has 3 rings (SSSR count). The van der Waals surface area contributed by atoms with E-state index in [-0.39, 0.29) is 109 Å². The number of aliphatic hydroxyl groups excluding tert-OH is 9. The van der Waals surface area contributed by atoms with Crippen LogP contribution in [0.4, 0.5) is 0 Å². The van der Waals surface area contributed by atoms with Crippen molar-refractivity contribution in [3.8, 4) is 0 Å². The van der Waals surface area contributed by atoms with Gasteiger partial charge in [0, 0.05) is 69.4 Å². The van der Waals surface area contributed by atoms with Gasteiger partial charge >= 0.3 is 0 Å². The summed E-state index contributed by atoms with van der Waals surface area (Å²) in [6.07, 6.45) is -9.50. The Kier molecular flexibility index (Phi) is 30.0. The number of amides is 2. The molecule has 12 N–H and O–H groups in total. The zero-order chi connectivity index (χ0) is 52.5. The minimum absolute atomic E-state index is 0.0131. The second kappa shape index (κ2) is 33.7. The third-order valence-electron chi connectivity index (χ3n) is 12.7. The van der Waals surface area contributed by atoms with Crippen molar-refractivity contribution in [2.24, 2.45) is 17.8 Å². The van der Waals surface area contributed by atoms with E-state index in [1.165, 1.54) is 0 Å². The van der Waals surface area contributed by atoms with Crippen LogP contribution >= 0.6 is 0 Å². The molecule has 16 atom stereocenters. The molecular formula is C47H87N3O21. The van der Waals surface area contributed by atoms with E-state index in [4.69, 9.17) is 42.6 Å².